The Morgan fingerprint density at radius 1 is 1.36 bits per heavy atom. The number of allylic oxidation sites excluding steroid dienone is 2. The van der Waals surface area contributed by atoms with Crippen LogP contribution in [0.25, 0.3) is 0 Å². The normalized spacial score (nSPS) is 19.9. The Kier molecular flexibility index (Phi) is 8.80. The number of fused-ring (bicyclic) bond motifs is 2. The molecule has 2 aliphatic rings. The Morgan fingerprint density at radius 3 is 2.73 bits per heavy atom. The van der Waals surface area contributed by atoms with Crippen molar-refractivity contribution >= 4 is 5.97 Å². The molecule has 1 aromatic carbocycles. The maximum absolute atomic E-state index is 12.9. The summed E-state index contributed by atoms with van der Waals surface area (Å²) in [6, 6.07) is 4.06. The molecule has 1 aromatic rings. The molecule has 0 unspecified atom stereocenters. The highest BCUT2D eigenvalue weighted by atomic mass is 16.7. The van der Waals surface area contributed by atoms with Crippen LogP contribution in [0.15, 0.2) is 36.1 Å². The van der Waals surface area contributed by atoms with E-state index in [0.29, 0.717) is 24.5 Å². The minimum Gasteiger partial charge on any atom is -0.497 e. The molecule has 0 saturated carbocycles. The molecule has 0 bridgehead atoms. The fraction of sp³-hybridized carbons (Fsp3) is 0.577. The Morgan fingerprint density at radius 2 is 2.09 bits per heavy atom. The lowest BCUT2D eigenvalue weighted by molar-refractivity contribution is -0.160. The molecule has 2 aliphatic heterocycles. The van der Waals surface area contributed by atoms with Gasteiger partial charge in [0.2, 0.25) is 6.79 Å². The van der Waals surface area contributed by atoms with Crippen LogP contribution in [0.4, 0.5) is 0 Å². The van der Waals surface area contributed by atoms with Gasteiger partial charge in [0.05, 0.1) is 7.11 Å². The van der Waals surface area contributed by atoms with E-state index < -0.39 is 18.2 Å². The molecule has 0 aromatic heterocycles. The van der Waals surface area contributed by atoms with E-state index in [0.717, 1.165) is 48.4 Å². The largest absolute Gasteiger partial charge is 0.497 e. The molecule has 0 aliphatic carbocycles. The minimum atomic E-state index is -1.21. The lowest BCUT2D eigenvalue weighted by Crippen LogP contribution is -2.39. The SMILES string of the molecule is C=C(C)CC[C@H](O)C(=O)O[C@H](/C(=C\C)OC)[C@@H]1CN(CCC)CCc2cc3c(cc21)OCO3. The molecule has 7 nitrogen and oxygen atoms in total. The van der Waals surface area contributed by atoms with E-state index in [4.69, 9.17) is 18.9 Å². The van der Waals surface area contributed by atoms with Crippen molar-refractivity contribution in [2.24, 2.45) is 0 Å². The van der Waals surface area contributed by atoms with E-state index in [2.05, 4.69) is 18.4 Å². The number of benzene rings is 1. The molecule has 0 spiro atoms. The Labute approximate surface area is 197 Å². The molecule has 1 N–H and O–H groups in total. The first-order valence-electron chi connectivity index (χ1n) is 11.8. The van der Waals surface area contributed by atoms with Gasteiger partial charge in [0.15, 0.2) is 23.7 Å². The van der Waals surface area contributed by atoms with Gasteiger partial charge in [-0.1, -0.05) is 12.5 Å². The zero-order chi connectivity index (χ0) is 24.0. The van der Waals surface area contributed by atoms with E-state index in [1.165, 1.54) is 0 Å². The van der Waals surface area contributed by atoms with Gasteiger partial charge in [-0.2, -0.15) is 0 Å². The first-order chi connectivity index (χ1) is 15.9. The van der Waals surface area contributed by atoms with Crippen molar-refractivity contribution in [1.29, 1.82) is 0 Å². The third-order valence-electron chi connectivity index (χ3n) is 6.25. The van der Waals surface area contributed by atoms with Crippen LogP contribution in [0.1, 0.15) is 57.1 Å². The highest BCUT2D eigenvalue weighted by Crippen LogP contribution is 2.41. The third kappa shape index (κ3) is 6.09. The molecule has 0 saturated heterocycles. The van der Waals surface area contributed by atoms with Crippen LogP contribution >= 0.6 is 0 Å². The van der Waals surface area contributed by atoms with Crippen molar-refractivity contribution < 1.29 is 28.8 Å². The molecule has 182 valence electrons. The van der Waals surface area contributed by atoms with Gasteiger partial charge in [-0.3, -0.25) is 0 Å². The van der Waals surface area contributed by atoms with E-state index in [1.54, 1.807) is 7.11 Å². The van der Waals surface area contributed by atoms with E-state index >= 15 is 0 Å². The summed E-state index contributed by atoms with van der Waals surface area (Å²) in [5, 5.41) is 10.4. The second kappa shape index (κ2) is 11.6. The van der Waals surface area contributed by atoms with Crippen LogP contribution < -0.4 is 9.47 Å². The lowest BCUT2D eigenvalue weighted by atomic mass is 9.87. The van der Waals surface area contributed by atoms with Crippen molar-refractivity contribution in [2.75, 3.05) is 33.5 Å². The van der Waals surface area contributed by atoms with Crippen LogP contribution in [0.2, 0.25) is 0 Å². The standard InChI is InChI=1S/C26H37NO6/c1-6-11-27-12-10-18-13-23-24(32-16-31-23)14-19(18)20(15-27)25(22(7-2)30-5)33-26(29)21(28)9-8-17(3)4/h7,13-14,20-21,25,28H,3,6,8-12,15-16H2,1-2,4-5H3/b22-7+/t20-,21+,25+/m1/s1. The van der Waals surface area contributed by atoms with Crippen LogP contribution in [0, 0.1) is 0 Å². The maximum atomic E-state index is 12.9. The quantitative estimate of drug-likeness (QED) is 0.323. The van der Waals surface area contributed by atoms with Gasteiger partial charge in [0.25, 0.3) is 0 Å². The summed E-state index contributed by atoms with van der Waals surface area (Å²) in [4.78, 5) is 15.3. The van der Waals surface area contributed by atoms with E-state index in [-0.39, 0.29) is 19.1 Å². The number of carbonyl (C=O) groups excluding carboxylic acids is 1. The summed E-state index contributed by atoms with van der Waals surface area (Å²) in [5.74, 6) is 1.17. The lowest BCUT2D eigenvalue weighted by Gasteiger charge is -2.32. The number of hydrogen-bond acceptors (Lipinski definition) is 7. The smallest absolute Gasteiger partial charge is 0.335 e. The number of nitrogens with zero attached hydrogens (tertiary/aromatic N) is 1. The number of hydrogen-bond donors (Lipinski definition) is 1. The fourth-order valence-corrected chi connectivity index (χ4v) is 4.53. The van der Waals surface area contributed by atoms with Gasteiger partial charge in [0.1, 0.15) is 5.76 Å². The van der Waals surface area contributed by atoms with Crippen LogP contribution in [0.3, 0.4) is 0 Å². The summed E-state index contributed by atoms with van der Waals surface area (Å²) in [6.45, 7) is 12.5. The van der Waals surface area contributed by atoms with Crippen LogP contribution in [0.5, 0.6) is 11.5 Å². The van der Waals surface area contributed by atoms with Crippen molar-refractivity contribution in [1.82, 2.24) is 4.90 Å². The van der Waals surface area contributed by atoms with E-state index in [1.807, 2.05) is 32.1 Å². The summed E-state index contributed by atoms with van der Waals surface area (Å²) >= 11 is 0. The van der Waals surface area contributed by atoms with Gasteiger partial charge >= 0.3 is 5.97 Å². The van der Waals surface area contributed by atoms with Crippen molar-refractivity contribution in [2.45, 2.75) is 64.6 Å². The molecule has 0 fully saturated rings. The van der Waals surface area contributed by atoms with Gasteiger partial charge in [0, 0.05) is 19.0 Å². The van der Waals surface area contributed by atoms with Crippen molar-refractivity contribution in [3.8, 4) is 11.5 Å². The molecular weight excluding hydrogens is 422 g/mol. The van der Waals surface area contributed by atoms with Gasteiger partial charge in [-0.25, -0.2) is 4.79 Å². The number of methoxy groups -OCH3 is 1. The highest BCUT2D eigenvalue weighted by molar-refractivity contribution is 5.75. The first-order valence-corrected chi connectivity index (χ1v) is 11.8. The zero-order valence-corrected chi connectivity index (χ0v) is 20.3. The number of carbonyl (C=O) groups is 1. The van der Waals surface area contributed by atoms with Crippen molar-refractivity contribution in [3.63, 3.8) is 0 Å². The monoisotopic (exact) mass is 459 g/mol. The van der Waals surface area contributed by atoms with Gasteiger partial charge < -0.3 is 29.0 Å². The number of ether oxygens (including phenoxy) is 4. The van der Waals surface area contributed by atoms with Crippen LogP contribution in [-0.2, 0) is 20.7 Å². The molecule has 0 amide bonds. The Hall–Kier alpha value is -2.51. The molecule has 0 radical (unpaired) electrons. The fourth-order valence-electron chi connectivity index (χ4n) is 4.53. The molecule has 7 heteroatoms. The van der Waals surface area contributed by atoms with Crippen molar-refractivity contribution in [3.05, 3.63) is 47.2 Å². The summed E-state index contributed by atoms with van der Waals surface area (Å²) in [5.41, 5.74) is 3.12. The third-order valence-corrected chi connectivity index (χ3v) is 6.25. The summed E-state index contributed by atoms with van der Waals surface area (Å²) in [6.07, 6.45) is 2.65. The zero-order valence-electron chi connectivity index (χ0n) is 20.3. The predicted octanol–water partition coefficient (Wildman–Crippen LogP) is 3.95. The molecule has 33 heavy (non-hydrogen) atoms. The number of rotatable bonds is 10. The van der Waals surface area contributed by atoms with E-state index in [9.17, 15) is 9.90 Å². The summed E-state index contributed by atoms with van der Waals surface area (Å²) < 4.78 is 22.9. The topological polar surface area (TPSA) is 77.5 Å². The average Bonchev–Trinajstić information content (AvgIpc) is 3.18. The maximum Gasteiger partial charge on any atom is 0.335 e. The number of aliphatic hydroxyl groups excluding tert-OH is 1. The highest BCUT2D eigenvalue weighted by Gasteiger charge is 2.37. The van der Waals surface area contributed by atoms with Gasteiger partial charge in [-0.15, -0.1) is 6.58 Å². The Bertz CT molecular complexity index is 880. The predicted molar refractivity (Wildman–Crippen MR) is 126 cm³/mol. The number of esters is 1. The summed E-state index contributed by atoms with van der Waals surface area (Å²) in [7, 11) is 1.58. The Balaban J connectivity index is 1.97. The minimum absolute atomic E-state index is 0.188. The molecular formula is C26H37NO6. The second-order valence-electron chi connectivity index (χ2n) is 8.83. The molecule has 2 heterocycles. The van der Waals surface area contributed by atoms with Gasteiger partial charge in [-0.05, 0) is 75.4 Å². The average molecular weight is 460 g/mol. The molecule has 3 rings (SSSR count). The first kappa shape index (κ1) is 25.1. The van der Waals surface area contributed by atoms with Crippen LogP contribution in [-0.4, -0.2) is 61.7 Å². The molecule has 3 atom stereocenters. The number of aliphatic hydroxyl groups is 1. The second-order valence-corrected chi connectivity index (χ2v) is 8.83.